The van der Waals surface area contributed by atoms with Crippen LogP contribution < -0.4 is 10.6 Å². The van der Waals surface area contributed by atoms with E-state index in [-0.39, 0.29) is 0 Å². The molecule has 0 aliphatic heterocycles. The van der Waals surface area contributed by atoms with E-state index in [1.54, 1.807) is 18.6 Å². The molecule has 2 aromatic rings. The molecule has 0 saturated heterocycles. The number of rotatable bonds is 5. The first kappa shape index (κ1) is 12.4. The number of hydrogen-bond donors (Lipinski definition) is 1. The molecular formula is C14H18N4. The number of anilines is 2. The van der Waals surface area contributed by atoms with E-state index < -0.39 is 0 Å². The van der Waals surface area contributed by atoms with Crippen molar-refractivity contribution in [1.29, 1.82) is 0 Å². The first-order chi connectivity index (χ1) is 8.81. The highest BCUT2D eigenvalue weighted by molar-refractivity contribution is 5.49. The molecule has 0 aliphatic rings. The molecule has 0 aliphatic carbocycles. The standard InChI is InChI=1S/C14H18N4/c1-2-9-18(14-10-16-7-8-17-14)11-12-5-3-4-6-13(12)15/h3-8,10H,2,9,11,15H2,1H3. The van der Waals surface area contributed by atoms with Crippen LogP contribution in [0.3, 0.4) is 0 Å². The molecule has 0 atom stereocenters. The van der Waals surface area contributed by atoms with Gasteiger partial charge in [-0.3, -0.25) is 4.98 Å². The summed E-state index contributed by atoms with van der Waals surface area (Å²) >= 11 is 0. The predicted octanol–water partition coefficient (Wildman–Crippen LogP) is 2.48. The highest BCUT2D eigenvalue weighted by atomic mass is 15.2. The van der Waals surface area contributed by atoms with Crippen molar-refractivity contribution in [3.63, 3.8) is 0 Å². The minimum atomic E-state index is 0.763. The molecule has 0 unspecified atom stereocenters. The lowest BCUT2D eigenvalue weighted by Gasteiger charge is -2.23. The minimum Gasteiger partial charge on any atom is -0.398 e. The maximum Gasteiger partial charge on any atom is 0.147 e. The molecule has 0 spiro atoms. The second-order valence-corrected chi connectivity index (χ2v) is 4.18. The third-order valence-corrected chi connectivity index (χ3v) is 2.78. The fourth-order valence-corrected chi connectivity index (χ4v) is 1.88. The molecule has 0 amide bonds. The fraction of sp³-hybridized carbons (Fsp3) is 0.286. The van der Waals surface area contributed by atoms with Crippen LogP contribution in [0.15, 0.2) is 42.9 Å². The fourth-order valence-electron chi connectivity index (χ4n) is 1.88. The number of nitrogens with two attached hydrogens (primary N) is 1. The zero-order valence-electron chi connectivity index (χ0n) is 10.6. The highest BCUT2D eigenvalue weighted by Crippen LogP contribution is 2.17. The van der Waals surface area contributed by atoms with Gasteiger partial charge in [0.05, 0.1) is 6.20 Å². The van der Waals surface area contributed by atoms with Gasteiger partial charge in [0.15, 0.2) is 0 Å². The first-order valence-electron chi connectivity index (χ1n) is 6.15. The van der Waals surface area contributed by atoms with Gasteiger partial charge in [0.1, 0.15) is 5.82 Å². The molecular weight excluding hydrogens is 224 g/mol. The van der Waals surface area contributed by atoms with Crippen molar-refractivity contribution in [1.82, 2.24) is 9.97 Å². The quantitative estimate of drug-likeness (QED) is 0.818. The smallest absolute Gasteiger partial charge is 0.147 e. The van der Waals surface area contributed by atoms with Crippen molar-refractivity contribution in [2.45, 2.75) is 19.9 Å². The second kappa shape index (κ2) is 6.00. The summed E-state index contributed by atoms with van der Waals surface area (Å²) in [6.07, 6.45) is 6.24. The van der Waals surface area contributed by atoms with Gasteiger partial charge in [-0.1, -0.05) is 25.1 Å². The summed E-state index contributed by atoms with van der Waals surface area (Å²) in [4.78, 5) is 10.7. The molecule has 4 heteroatoms. The van der Waals surface area contributed by atoms with Crippen LogP contribution in [0.2, 0.25) is 0 Å². The molecule has 1 heterocycles. The van der Waals surface area contributed by atoms with E-state index in [0.29, 0.717) is 0 Å². The first-order valence-corrected chi connectivity index (χ1v) is 6.15. The Hall–Kier alpha value is -2.10. The van der Waals surface area contributed by atoms with Crippen LogP contribution >= 0.6 is 0 Å². The monoisotopic (exact) mass is 242 g/mol. The lowest BCUT2D eigenvalue weighted by Crippen LogP contribution is -2.25. The Morgan fingerprint density at radius 3 is 2.72 bits per heavy atom. The summed E-state index contributed by atoms with van der Waals surface area (Å²) in [5.41, 5.74) is 7.92. The van der Waals surface area contributed by atoms with Gasteiger partial charge in [-0.25, -0.2) is 4.98 Å². The zero-order chi connectivity index (χ0) is 12.8. The van der Waals surface area contributed by atoms with Crippen LogP contribution in [0.4, 0.5) is 11.5 Å². The highest BCUT2D eigenvalue weighted by Gasteiger charge is 2.09. The Morgan fingerprint density at radius 2 is 2.06 bits per heavy atom. The van der Waals surface area contributed by atoms with Gasteiger partial charge in [0, 0.05) is 31.2 Å². The van der Waals surface area contributed by atoms with E-state index in [1.165, 1.54) is 0 Å². The Labute approximate surface area is 107 Å². The molecule has 18 heavy (non-hydrogen) atoms. The molecule has 4 nitrogen and oxygen atoms in total. The van der Waals surface area contributed by atoms with E-state index in [0.717, 1.165) is 36.6 Å². The predicted molar refractivity (Wildman–Crippen MR) is 74.2 cm³/mol. The van der Waals surface area contributed by atoms with Crippen LogP contribution in [-0.2, 0) is 6.54 Å². The molecule has 1 aromatic heterocycles. The zero-order valence-corrected chi connectivity index (χ0v) is 10.6. The number of benzene rings is 1. The SMILES string of the molecule is CCCN(Cc1ccccc1N)c1cnccn1. The van der Waals surface area contributed by atoms with E-state index in [1.807, 2.05) is 24.3 Å². The van der Waals surface area contributed by atoms with Gasteiger partial charge in [-0.2, -0.15) is 0 Å². The molecule has 2 N–H and O–H groups in total. The third-order valence-electron chi connectivity index (χ3n) is 2.78. The largest absolute Gasteiger partial charge is 0.398 e. The molecule has 0 fully saturated rings. The van der Waals surface area contributed by atoms with Gasteiger partial charge in [-0.05, 0) is 18.1 Å². The topological polar surface area (TPSA) is 55.0 Å². The maximum atomic E-state index is 5.98. The lowest BCUT2D eigenvalue weighted by molar-refractivity contribution is 0.753. The van der Waals surface area contributed by atoms with Crippen LogP contribution in [0, 0.1) is 0 Å². The summed E-state index contributed by atoms with van der Waals surface area (Å²) in [6, 6.07) is 7.93. The maximum absolute atomic E-state index is 5.98. The number of nitrogen functional groups attached to an aromatic ring is 1. The Morgan fingerprint density at radius 1 is 1.22 bits per heavy atom. The van der Waals surface area contributed by atoms with E-state index >= 15 is 0 Å². The number of hydrogen-bond acceptors (Lipinski definition) is 4. The number of aromatic nitrogens is 2. The van der Waals surface area contributed by atoms with Crippen molar-refractivity contribution in [3.05, 3.63) is 48.4 Å². The summed E-state index contributed by atoms with van der Waals surface area (Å²) < 4.78 is 0. The molecule has 0 saturated carbocycles. The number of nitrogens with zero attached hydrogens (tertiary/aromatic N) is 3. The molecule has 2 rings (SSSR count). The average Bonchev–Trinajstić information content (AvgIpc) is 2.42. The van der Waals surface area contributed by atoms with Crippen molar-refractivity contribution in [2.75, 3.05) is 17.2 Å². The normalized spacial score (nSPS) is 10.3. The summed E-state index contributed by atoms with van der Waals surface area (Å²) in [5, 5.41) is 0. The van der Waals surface area contributed by atoms with Crippen LogP contribution in [0.1, 0.15) is 18.9 Å². The lowest BCUT2D eigenvalue weighted by atomic mass is 10.1. The van der Waals surface area contributed by atoms with Gasteiger partial charge in [0.25, 0.3) is 0 Å². The van der Waals surface area contributed by atoms with Gasteiger partial charge in [-0.15, -0.1) is 0 Å². The van der Waals surface area contributed by atoms with Gasteiger partial charge < -0.3 is 10.6 Å². The van der Waals surface area contributed by atoms with E-state index in [2.05, 4.69) is 21.8 Å². The Bertz CT molecular complexity index is 484. The summed E-state index contributed by atoms with van der Waals surface area (Å²) in [7, 11) is 0. The van der Waals surface area contributed by atoms with Crippen LogP contribution in [0.5, 0.6) is 0 Å². The second-order valence-electron chi connectivity index (χ2n) is 4.18. The van der Waals surface area contributed by atoms with Crippen LogP contribution in [-0.4, -0.2) is 16.5 Å². The summed E-state index contributed by atoms with van der Waals surface area (Å²) in [6.45, 7) is 3.85. The van der Waals surface area contributed by atoms with Crippen LogP contribution in [0.25, 0.3) is 0 Å². The average molecular weight is 242 g/mol. The van der Waals surface area contributed by atoms with Gasteiger partial charge in [0.2, 0.25) is 0 Å². The van der Waals surface area contributed by atoms with Crippen molar-refractivity contribution < 1.29 is 0 Å². The third kappa shape index (κ3) is 2.97. The molecule has 94 valence electrons. The van der Waals surface area contributed by atoms with Crippen molar-refractivity contribution in [2.24, 2.45) is 0 Å². The summed E-state index contributed by atoms with van der Waals surface area (Å²) in [5.74, 6) is 0.891. The Kier molecular flexibility index (Phi) is 4.12. The molecule has 0 bridgehead atoms. The van der Waals surface area contributed by atoms with Crippen molar-refractivity contribution in [3.8, 4) is 0 Å². The Balaban J connectivity index is 2.19. The molecule has 0 radical (unpaired) electrons. The van der Waals surface area contributed by atoms with E-state index in [4.69, 9.17) is 5.73 Å². The minimum absolute atomic E-state index is 0.763. The van der Waals surface area contributed by atoms with Gasteiger partial charge >= 0.3 is 0 Å². The molecule has 1 aromatic carbocycles. The van der Waals surface area contributed by atoms with E-state index in [9.17, 15) is 0 Å². The number of para-hydroxylation sites is 1. The van der Waals surface area contributed by atoms with Crippen molar-refractivity contribution >= 4 is 11.5 Å².